The van der Waals surface area contributed by atoms with Gasteiger partial charge in [0.2, 0.25) is 0 Å². The predicted molar refractivity (Wildman–Crippen MR) is 103 cm³/mol. The Kier molecular flexibility index (Phi) is 5.79. The maximum Gasteiger partial charge on any atom is 0.194 e. The molecule has 0 saturated carbocycles. The van der Waals surface area contributed by atoms with Crippen LogP contribution in [0.25, 0.3) is 11.1 Å². The van der Waals surface area contributed by atoms with E-state index in [9.17, 15) is 26.3 Å². The quantitative estimate of drug-likeness (QED) is 0.313. The third-order valence-corrected chi connectivity index (χ3v) is 5.63. The van der Waals surface area contributed by atoms with Crippen molar-refractivity contribution in [3.8, 4) is 11.1 Å². The number of hydrogen-bond donors (Lipinski definition) is 0. The minimum Gasteiger partial charge on any atom is -0.373 e. The average Bonchev–Trinajstić information content (AvgIpc) is 2.74. The molecule has 0 spiro atoms. The summed E-state index contributed by atoms with van der Waals surface area (Å²) in [5.41, 5.74) is 0.580. The summed E-state index contributed by atoms with van der Waals surface area (Å²) in [5, 5.41) is 0. The maximum absolute atomic E-state index is 14.8. The molecule has 162 valence electrons. The highest BCUT2D eigenvalue weighted by Gasteiger charge is 2.29. The lowest BCUT2D eigenvalue weighted by molar-refractivity contribution is -0.000310. The molecule has 0 bridgehead atoms. The fourth-order valence-corrected chi connectivity index (χ4v) is 3.95. The van der Waals surface area contributed by atoms with Crippen LogP contribution < -0.4 is 0 Å². The largest absolute Gasteiger partial charge is 0.373 e. The number of ether oxygens (including phenoxy) is 1. The lowest BCUT2D eigenvalue weighted by atomic mass is 9.88. The Morgan fingerprint density at radius 3 is 2.00 bits per heavy atom. The van der Waals surface area contributed by atoms with Crippen LogP contribution >= 0.6 is 0 Å². The van der Waals surface area contributed by atoms with Gasteiger partial charge in [0.1, 0.15) is 5.82 Å². The van der Waals surface area contributed by atoms with Crippen LogP contribution in [0.5, 0.6) is 0 Å². The SMILES string of the molecule is Cc1ccc(C2CCC(c3ccc(-c4cc(F)c(F)c(F)c4)c(F)c3F)CO2)c(F)c1. The molecule has 3 aromatic rings. The molecule has 2 unspecified atom stereocenters. The molecule has 0 N–H and O–H groups in total. The third kappa shape index (κ3) is 4.06. The van der Waals surface area contributed by atoms with Crippen molar-refractivity contribution in [2.75, 3.05) is 6.61 Å². The molecule has 0 radical (unpaired) electrons. The molecule has 31 heavy (non-hydrogen) atoms. The van der Waals surface area contributed by atoms with Gasteiger partial charge in [0.05, 0.1) is 12.7 Å². The van der Waals surface area contributed by atoms with Gasteiger partial charge in [-0.05, 0) is 54.7 Å². The molecular formula is C24H18F6O. The molecule has 3 aromatic carbocycles. The molecule has 7 heteroatoms. The van der Waals surface area contributed by atoms with Gasteiger partial charge in [-0.25, -0.2) is 26.3 Å². The molecule has 0 aliphatic carbocycles. The molecule has 2 atom stereocenters. The van der Waals surface area contributed by atoms with E-state index in [1.54, 1.807) is 19.1 Å². The second kappa shape index (κ2) is 8.38. The van der Waals surface area contributed by atoms with Crippen LogP contribution in [0.15, 0.2) is 42.5 Å². The Morgan fingerprint density at radius 1 is 0.710 bits per heavy atom. The van der Waals surface area contributed by atoms with Crippen molar-refractivity contribution in [1.29, 1.82) is 0 Å². The zero-order valence-electron chi connectivity index (χ0n) is 16.5. The Hall–Kier alpha value is -2.80. The van der Waals surface area contributed by atoms with E-state index in [1.165, 1.54) is 18.2 Å². The summed E-state index contributed by atoms with van der Waals surface area (Å²) < 4.78 is 89.5. The van der Waals surface area contributed by atoms with E-state index in [0.717, 1.165) is 5.56 Å². The van der Waals surface area contributed by atoms with Gasteiger partial charge in [0.15, 0.2) is 29.1 Å². The van der Waals surface area contributed by atoms with E-state index < -0.39 is 41.1 Å². The normalized spacial score (nSPS) is 18.9. The van der Waals surface area contributed by atoms with Crippen molar-refractivity contribution < 1.29 is 31.1 Å². The monoisotopic (exact) mass is 436 g/mol. The fourth-order valence-electron chi connectivity index (χ4n) is 3.95. The first kappa shape index (κ1) is 21.4. The lowest BCUT2D eigenvalue weighted by Gasteiger charge is -2.30. The Morgan fingerprint density at radius 2 is 1.39 bits per heavy atom. The highest BCUT2D eigenvalue weighted by atomic mass is 19.2. The smallest absolute Gasteiger partial charge is 0.194 e. The minimum absolute atomic E-state index is 0.0622. The van der Waals surface area contributed by atoms with E-state index in [0.29, 0.717) is 30.5 Å². The van der Waals surface area contributed by atoms with Gasteiger partial charge >= 0.3 is 0 Å². The molecule has 1 saturated heterocycles. The zero-order valence-corrected chi connectivity index (χ0v) is 16.5. The molecule has 0 aromatic heterocycles. The standard InChI is InChI=1S/C24H18F6O/c1-12-2-4-17(18(25)8-12)21-7-3-13(11-31-21)15-5-6-16(23(29)22(15)28)14-9-19(26)24(30)20(27)10-14/h2,4-6,8-10,13,21H,3,7,11H2,1H3. The summed E-state index contributed by atoms with van der Waals surface area (Å²) in [6, 6.07) is 8.61. The molecule has 1 aliphatic rings. The van der Waals surface area contributed by atoms with Gasteiger partial charge in [-0.15, -0.1) is 0 Å². The highest BCUT2D eigenvalue weighted by molar-refractivity contribution is 5.65. The highest BCUT2D eigenvalue weighted by Crippen LogP contribution is 2.39. The Balaban J connectivity index is 1.56. The van der Waals surface area contributed by atoms with Gasteiger partial charge in [-0.1, -0.05) is 24.3 Å². The minimum atomic E-state index is -1.68. The zero-order chi connectivity index (χ0) is 22.3. The van der Waals surface area contributed by atoms with E-state index >= 15 is 0 Å². The molecule has 4 rings (SSSR count). The van der Waals surface area contributed by atoms with Gasteiger partial charge in [-0.3, -0.25) is 0 Å². The van der Waals surface area contributed by atoms with Crippen LogP contribution in [0.1, 0.15) is 41.6 Å². The molecular weight excluding hydrogens is 418 g/mol. The van der Waals surface area contributed by atoms with Crippen LogP contribution in [0.4, 0.5) is 26.3 Å². The lowest BCUT2D eigenvalue weighted by Crippen LogP contribution is -2.21. The Labute approximate surface area is 175 Å². The molecule has 1 fully saturated rings. The van der Waals surface area contributed by atoms with Gasteiger partial charge < -0.3 is 4.74 Å². The van der Waals surface area contributed by atoms with E-state index in [1.807, 2.05) is 0 Å². The Bertz CT molecular complexity index is 1110. The van der Waals surface area contributed by atoms with Gasteiger partial charge in [-0.2, -0.15) is 0 Å². The van der Waals surface area contributed by atoms with Crippen molar-refractivity contribution >= 4 is 0 Å². The summed E-state index contributed by atoms with van der Waals surface area (Å²) in [7, 11) is 0. The fraction of sp³-hybridized carbons (Fsp3) is 0.250. The third-order valence-electron chi connectivity index (χ3n) is 5.63. The number of hydrogen-bond acceptors (Lipinski definition) is 1. The van der Waals surface area contributed by atoms with E-state index in [-0.39, 0.29) is 29.1 Å². The van der Waals surface area contributed by atoms with Crippen LogP contribution in [-0.4, -0.2) is 6.61 Å². The summed E-state index contributed by atoms with van der Waals surface area (Å²) >= 11 is 0. The van der Waals surface area contributed by atoms with Crippen LogP contribution in [0.2, 0.25) is 0 Å². The van der Waals surface area contributed by atoms with Crippen molar-refractivity contribution in [2.24, 2.45) is 0 Å². The average molecular weight is 436 g/mol. The summed E-state index contributed by atoms with van der Waals surface area (Å²) in [4.78, 5) is 0. The molecule has 1 heterocycles. The van der Waals surface area contributed by atoms with Crippen molar-refractivity contribution in [1.82, 2.24) is 0 Å². The molecule has 1 aliphatic heterocycles. The number of aryl methyl sites for hydroxylation is 1. The first-order valence-electron chi connectivity index (χ1n) is 9.76. The first-order valence-corrected chi connectivity index (χ1v) is 9.76. The van der Waals surface area contributed by atoms with Crippen molar-refractivity contribution in [2.45, 2.75) is 31.8 Å². The van der Waals surface area contributed by atoms with E-state index in [2.05, 4.69) is 0 Å². The van der Waals surface area contributed by atoms with Gasteiger partial charge in [0, 0.05) is 17.0 Å². The van der Waals surface area contributed by atoms with Gasteiger partial charge in [0.25, 0.3) is 0 Å². The second-order valence-corrected chi connectivity index (χ2v) is 7.71. The van der Waals surface area contributed by atoms with Crippen LogP contribution in [-0.2, 0) is 4.74 Å². The van der Waals surface area contributed by atoms with Crippen molar-refractivity contribution in [3.05, 3.63) is 94.1 Å². The van der Waals surface area contributed by atoms with Crippen LogP contribution in [0.3, 0.4) is 0 Å². The van der Waals surface area contributed by atoms with E-state index in [4.69, 9.17) is 4.74 Å². The number of benzene rings is 3. The summed E-state index contributed by atoms with van der Waals surface area (Å²) in [6.45, 7) is 1.84. The second-order valence-electron chi connectivity index (χ2n) is 7.71. The predicted octanol–water partition coefficient (Wildman–Crippen LogP) is 7.13. The molecule has 1 nitrogen and oxygen atoms in total. The summed E-state index contributed by atoms with van der Waals surface area (Å²) in [5.74, 6) is -7.94. The number of halogens is 6. The van der Waals surface area contributed by atoms with Crippen molar-refractivity contribution in [3.63, 3.8) is 0 Å². The van der Waals surface area contributed by atoms with Crippen LogP contribution in [0, 0.1) is 41.8 Å². The maximum atomic E-state index is 14.8. The summed E-state index contributed by atoms with van der Waals surface area (Å²) in [6.07, 6.45) is 0.379. The topological polar surface area (TPSA) is 9.23 Å². The first-order chi connectivity index (χ1) is 14.8. The molecule has 0 amide bonds. The number of rotatable bonds is 3.